The van der Waals surface area contributed by atoms with Crippen LogP contribution in [0.3, 0.4) is 0 Å². The average molecular weight is 236 g/mol. The molecule has 1 fully saturated rings. The molecule has 3 heteroatoms. The predicted octanol–water partition coefficient (Wildman–Crippen LogP) is 2.78. The lowest BCUT2D eigenvalue weighted by molar-refractivity contribution is 0.932. The molecule has 0 saturated carbocycles. The molecule has 0 atom stereocenters. The van der Waals surface area contributed by atoms with Gasteiger partial charge in [-0.3, -0.25) is 0 Å². The predicted molar refractivity (Wildman–Crippen MR) is 67.9 cm³/mol. The summed E-state index contributed by atoms with van der Waals surface area (Å²) in [5.41, 5.74) is 0. The van der Waals surface area contributed by atoms with E-state index in [4.69, 9.17) is 0 Å². The highest BCUT2D eigenvalue weighted by atomic mass is 32.1. The van der Waals surface area contributed by atoms with E-state index in [0.717, 1.165) is 0 Å². The van der Waals surface area contributed by atoms with Crippen LogP contribution in [-0.2, 0) is 0 Å². The second-order valence-electron chi connectivity index (χ2n) is 3.89. The van der Waals surface area contributed by atoms with Crippen LogP contribution < -0.4 is 9.00 Å². The molecule has 72 valence electrons. The Bertz CT molecular complexity index is 362. The number of hydrogen-bond donors (Lipinski definition) is 0. The van der Waals surface area contributed by atoms with Gasteiger partial charge in [0.15, 0.2) is 0 Å². The minimum absolute atomic E-state index is 1.15. The third-order valence-corrected chi connectivity index (χ3v) is 12.2. The van der Waals surface area contributed by atoms with Gasteiger partial charge >= 0.3 is 0 Å². The zero-order valence-electron chi connectivity index (χ0n) is 7.90. The van der Waals surface area contributed by atoms with Crippen molar-refractivity contribution in [2.24, 2.45) is 0 Å². The maximum absolute atomic E-state index is 2.36. The molecular formula is C11H12S2Si. The van der Waals surface area contributed by atoms with E-state index >= 15 is 0 Å². The standard InChI is InChI=1S/C11H12S2Si/c1-4-10(12-6-1)14(8-3-9-14)11-5-2-7-13-11/h1-2,4-7H,3,8-9H2. The Balaban J connectivity index is 2.08. The molecule has 1 aliphatic rings. The van der Waals surface area contributed by atoms with Gasteiger partial charge in [0, 0.05) is 0 Å². The fourth-order valence-electron chi connectivity index (χ4n) is 2.25. The van der Waals surface area contributed by atoms with Gasteiger partial charge in [0.1, 0.15) is 8.07 Å². The van der Waals surface area contributed by atoms with Crippen LogP contribution in [0.15, 0.2) is 35.0 Å². The van der Waals surface area contributed by atoms with Crippen molar-refractivity contribution in [1.82, 2.24) is 0 Å². The SMILES string of the molecule is c1csc([Si]2(c3cccs3)CCC2)c1. The number of thiophene rings is 2. The van der Waals surface area contributed by atoms with E-state index in [1.807, 2.05) is 22.7 Å². The molecule has 3 rings (SSSR count). The fourth-order valence-corrected chi connectivity index (χ4v) is 10.6. The molecule has 0 amide bonds. The van der Waals surface area contributed by atoms with Crippen LogP contribution in [-0.4, -0.2) is 8.07 Å². The van der Waals surface area contributed by atoms with E-state index < -0.39 is 8.07 Å². The molecule has 0 aromatic carbocycles. The van der Waals surface area contributed by atoms with Crippen LogP contribution in [0.25, 0.3) is 0 Å². The van der Waals surface area contributed by atoms with Crippen LogP contribution >= 0.6 is 22.7 Å². The molecule has 0 nitrogen and oxygen atoms in total. The summed E-state index contributed by atoms with van der Waals surface area (Å²) >= 11 is 3.94. The highest BCUT2D eigenvalue weighted by molar-refractivity contribution is 7.36. The normalized spacial score (nSPS) is 19.1. The second kappa shape index (κ2) is 3.33. The molecule has 2 aromatic heterocycles. The first-order valence-corrected chi connectivity index (χ1v) is 9.17. The van der Waals surface area contributed by atoms with Crippen LogP contribution in [0.4, 0.5) is 0 Å². The topological polar surface area (TPSA) is 0 Å². The van der Waals surface area contributed by atoms with E-state index in [2.05, 4.69) is 35.0 Å². The number of hydrogen-bond acceptors (Lipinski definition) is 2. The lowest BCUT2D eigenvalue weighted by Gasteiger charge is -2.38. The largest absolute Gasteiger partial charge is 0.153 e. The summed E-state index contributed by atoms with van der Waals surface area (Å²) < 4.78 is 3.40. The van der Waals surface area contributed by atoms with Gasteiger partial charge in [0.25, 0.3) is 0 Å². The summed E-state index contributed by atoms with van der Waals surface area (Å²) in [7, 11) is -1.15. The van der Waals surface area contributed by atoms with E-state index in [0.29, 0.717) is 0 Å². The molecule has 0 unspecified atom stereocenters. The van der Waals surface area contributed by atoms with E-state index in [9.17, 15) is 0 Å². The van der Waals surface area contributed by atoms with Crippen LogP contribution in [0.1, 0.15) is 6.42 Å². The second-order valence-corrected chi connectivity index (χ2v) is 10.8. The molecule has 0 radical (unpaired) electrons. The molecule has 0 N–H and O–H groups in total. The Labute approximate surface area is 93.2 Å². The summed E-state index contributed by atoms with van der Waals surface area (Å²) in [5.74, 6) is 0. The summed E-state index contributed by atoms with van der Waals surface area (Å²) in [5, 5.41) is 4.46. The average Bonchev–Trinajstić information content (AvgIpc) is 2.71. The van der Waals surface area contributed by atoms with Crippen molar-refractivity contribution in [3.8, 4) is 0 Å². The fraction of sp³-hybridized carbons (Fsp3) is 0.273. The van der Waals surface area contributed by atoms with Gasteiger partial charge in [-0.1, -0.05) is 30.7 Å². The van der Waals surface area contributed by atoms with Crippen molar-refractivity contribution in [2.45, 2.75) is 18.5 Å². The van der Waals surface area contributed by atoms with E-state index in [-0.39, 0.29) is 0 Å². The summed E-state index contributed by atoms with van der Waals surface area (Å²) in [4.78, 5) is 0. The van der Waals surface area contributed by atoms with Gasteiger partial charge < -0.3 is 0 Å². The molecule has 1 aliphatic heterocycles. The molecule has 0 aliphatic carbocycles. The summed E-state index contributed by atoms with van der Waals surface area (Å²) in [6.07, 6.45) is 1.45. The molecule has 3 heterocycles. The lowest BCUT2D eigenvalue weighted by atomic mass is 10.5. The van der Waals surface area contributed by atoms with Gasteiger partial charge in [0.05, 0.1) is 0 Å². The summed E-state index contributed by atoms with van der Waals surface area (Å²) in [6, 6.07) is 12.1. The van der Waals surface area contributed by atoms with Crippen LogP contribution in [0.2, 0.25) is 12.1 Å². The minimum atomic E-state index is -1.15. The third kappa shape index (κ3) is 1.16. The lowest BCUT2D eigenvalue weighted by Crippen LogP contribution is -2.60. The monoisotopic (exact) mass is 236 g/mol. The maximum Gasteiger partial charge on any atom is 0.143 e. The van der Waals surface area contributed by atoms with Gasteiger partial charge in [-0.05, 0) is 31.8 Å². The van der Waals surface area contributed by atoms with Crippen molar-refractivity contribution in [2.75, 3.05) is 0 Å². The summed E-state index contributed by atoms with van der Waals surface area (Å²) in [6.45, 7) is 0. The Hall–Kier alpha value is -0.383. The molecule has 14 heavy (non-hydrogen) atoms. The molecule has 0 bridgehead atoms. The molecular weight excluding hydrogens is 224 g/mol. The Morgan fingerprint density at radius 1 is 0.929 bits per heavy atom. The molecule has 2 aromatic rings. The third-order valence-electron chi connectivity index (χ3n) is 3.19. The number of rotatable bonds is 2. The Kier molecular flexibility index (Phi) is 2.11. The van der Waals surface area contributed by atoms with Crippen molar-refractivity contribution in [3.63, 3.8) is 0 Å². The first-order chi connectivity index (χ1) is 6.92. The Morgan fingerprint density at radius 2 is 1.50 bits per heavy atom. The van der Waals surface area contributed by atoms with Gasteiger partial charge in [0.2, 0.25) is 0 Å². The first-order valence-electron chi connectivity index (χ1n) is 5.00. The Morgan fingerprint density at radius 3 is 1.79 bits per heavy atom. The maximum atomic E-state index is 2.36. The van der Waals surface area contributed by atoms with Gasteiger partial charge in [-0.15, -0.1) is 0 Å². The van der Waals surface area contributed by atoms with Gasteiger partial charge in [-0.2, -0.15) is 22.7 Å². The van der Waals surface area contributed by atoms with Crippen LogP contribution in [0, 0.1) is 0 Å². The first kappa shape index (κ1) is 8.89. The van der Waals surface area contributed by atoms with E-state index in [1.165, 1.54) is 18.5 Å². The van der Waals surface area contributed by atoms with E-state index in [1.54, 1.807) is 9.00 Å². The van der Waals surface area contributed by atoms with Crippen molar-refractivity contribution in [1.29, 1.82) is 0 Å². The van der Waals surface area contributed by atoms with Crippen molar-refractivity contribution in [3.05, 3.63) is 35.0 Å². The highest BCUT2D eigenvalue weighted by Crippen LogP contribution is 2.33. The van der Waals surface area contributed by atoms with Crippen molar-refractivity contribution < 1.29 is 0 Å². The minimum Gasteiger partial charge on any atom is -0.153 e. The molecule has 1 saturated heterocycles. The zero-order chi connectivity index (χ0) is 9.43. The molecule has 0 spiro atoms. The van der Waals surface area contributed by atoms with Crippen LogP contribution in [0.5, 0.6) is 0 Å². The van der Waals surface area contributed by atoms with Gasteiger partial charge in [-0.25, -0.2) is 0 Å². The zero-order valence-corrected chi connectivity index (χ0v) is 10.5. The smallest absolute Gasteiger partial charge is 0.143 e. The highest BCUT2D eigenvalue weighted by Gasteiger charge is 2.44. The quantitative estimate of drug-likeness (QED) is 0.704. The van der Waals surface area contributed by atoms with Crippen molar-refractivity contribution >= 4 is 39.7 Å².